The van der Waals surface area contributed by atoms with Crippen LogP contribution >= 0.6 is 0 Å². The lowest BCUT2D eigenvalue weighted by atomic mass is 10.0. The zero-order valence-corrected chi connectivity index (χ0v) is 12.8. The largest absolute Gasteiger partial charge is 0.370 e. The molecule has 2 aromatic heterocycles. The van der Waals surface area contributed by atoms with Crippen LogP contribution in [0.3, 0.4) is 0 Å². The van der Waals surface area contributed by atoms with Gasteiger partial charge in [0.25, 0.3) is 0 Å². The number of imidazole rings is 1. The fourth-order valence-corrected chi connectivity index (χ4v) is 2.93. The SMILES string of the molecule is CCCNc1cc(C2CCCC2)nc(-c2cncn2C)n1. The summed E-state index contributed by atoms with van der Waals surface area (Å²) >= 11 is 0. The second-order valence-electron chi connectivity index (χ2n) is 5.80. The van der Waals surface area contributed by atoms with Crippen molar-refractivity contribution in [2.45, 2.75) is 44.9 Å². The zero-order chi connectivity index (χ0) is 14.7. The molecule has 2 aromatic rings. The molecule has 112 valence electrons. The van der Waals surface area contributed by atoms with Gasteiger partial charge in [-0.25, -0.2) is 15.0 Å². The van der Waals surface area contributed by atoms with Gasteiger partial charge < -0.3 is 9.88 Å². The summed E-state index contributed by atoms with van der Waals surface area (Å²) < 4.78 is 1.97. The van der Waals surface area contributed by atoms with Crippen LogP contribution in [0, 0.1) is 0 Å². The van der Waals surface area contributed by atoms with Gasteiger partial charge >= 0.3 is 0 Å². The first-order valence-corrected chi connectivity index (χ1v) is 7.87. The summed E-state index contributed by atoms with van der Waals surface area (Å²) in [5.74, 6) is 2.30. The maximum atomic E-state index is 4.81. The van der Waals surface area contributed by atoms with Gasteiger partial charge in [-0.15, -0.1) is 0 Å². The van der Waals surface area contributed by atoms with Crippen LogP contribution in [0.2, 0.25) is 0 Å². The molecular formula is C16H23N5. The number of hydrogen-bond donors (Lipinski definition) is 1. The van der Waals surface area contributed by atoms with E-state index in [-0.39, 0.29) is 0 Å². The predicted octanol–water partition coefficient (Wildman–Crippen LogP) is 3.36. The number of aryl methyl sites for hydroxylation is 1. The van der Waals surface area contributed by atoms with Crippen molar-refractivity contribution in [1.29, 1.82) is 0 Å². The van der Waals surface area contributed by atoms with Gasteiger partial charge in [0, 0.05) is 31.3 Å². The van der Waals surface area contributed by atoms with Crippen LogP contribution in [0.1, 0.15) is 50.6 Å². The molecule has 5 nitrogen and oxygen atoms in total. The quantitative estimate of drug-likeness (QED) is 0.915. The van der Waals surface area contributed by atoms with Crippen LogP contribution in [-0.2, 0) is 7.05 Å². The Morgan fingerprint density at radius 3 is 2.76 bits per heavy atom. The summed E-state index contributed by atoms with van der Waals surface area (Å²) in [6.07, 6.45) is 9.83. The Kier molecular flexibility index (Phi) is 4.18. The van der Waals surface area contributed by atoms with E-state index in [4.69, 9.17) is 4.98 Å². The number of nitrogens with zero attached hydrogens (tertiary/aromatic N) is 4. The molecule has 0 aromatic carbocycles. The van der Waals surface area contributed by atoms with Crippen molar-refractivity contribution in [2.24, 2.45) is 7.05 Å². The number of rotatable bonds is 5. The average Bonchev–Trinajstić information content (AvgIpc) is 3.16. The molecule has 2 heterocycles. The number of anilines is 1. The Morgan fingerprint density at radius 1 is 1.29 bits per heavy atom. The van der Waals surface area contributed by atoms with Gasteiger partial charge in [-0.05, 0) is 19.3 Å². The van der Waals surface area contributed by atoms with E-state index >= 15 is 0 Å². The van der Waals surface area contributed by atoms with Crippen LogP contribution < -0.4 is 5.32 Å². The summed E-state index contributed by atoms with van der Waals surface area (Å²) in [5, 5.41) is 3.40. The van der Waals surface area contributed by atoms with Crippen LogP contribution in [0.25, 0.3) is 11.5 Å². The van der Waals surface area contributed by atoms with Crippen LogP contribution in [0.15, 0.2) is 18.6 Å². The van der Waals surface area contributed by atoms with E-state index in [1.807, 2.05) is 17.8 Å². The zero-order valence-electron chi connectivity index (χ0n) is 12.8. The molecular weight excluding hydrogens is 262 g/mol. The summed E-state index contributed by atoms with van der Waals surface area (Å²) in [7, 11) is 1.98. The average molecular weight is 285 g/mol. The van der Waals surface area contributed by atoms with Crippen molar-refractivity contribution in [1.82, 2.24) is 19.5 Å². The van der Waals surface area contributed by atoms with Crippen molar-refractivity contribution < 1.29 is 0 Å². The molecule has 1 fully saturated rings. The number of hydrogen-bond acceptors (Lipinski definition) is 4. The highest BCUT2D eigenvalue weighted by atomic mass is 15.1. The molecule has 0 atom stereocenters. The Hall–Kier alpha value is -1.91. The first-order valence-electron chi connectivity index (χ1n) is 7.87. The van der Waals surface area contributed by atoms with Gasteiger partial charge in [0.2, 0.25) is 0 Å². The molecule has 0 aliphatic heterocycles. The van der Waals surface area contributed by atoms with E-state index in [2.05, 4.69) is 28.3 Å². The Balaban J connectivity index is 1.98. The van der Waals surface area contributed by atoms with Crippen LogP contribution in [-0.4, -0.2) is 26.1 Å². The summed E-state index contributed by atoms with van der Waals surface area (Å²) in [6.45, 7) is 3.10. The van der Waals surface area contributed by atoms with Gasteiger partial charge in [0.05, 0.1) is 12.5 Å². The first-order chi connectivity index (χ1) is 10.3. The van der Waals surface area contributed by atoms with Crippen molar-refractivity contribution in [3.63, 3.8) is 0 Å². The van der Waals surface area contributed by atoms with Gasteiger partial charge in [0.15, 0.2) is 5.82 Å². The highest BCUT2D eigenvalue weighted by Crippen LogP contribution is 2.34. The Labute approximate surface area is 125 Å². The third kappa shape index (κ3) is 3.06. The topological polar surface area (TPSA) is 55.6 Å². The van der Waals surface area contributed by atoms with Gasteiger partial charge in [-0.2, -0.15) is 0 Å². The van der Waals surface area contributed by atoms with Crippen molar-refractivity contribution >= 4 is 5.82 Å². The molecule has 21 heavy (non-hydrogen) atoms. The number of nitrogens with one attached hydrogen (secondary N) is 1. The molecule has 0 amide bonds. The molecule has 0 radical (unpaired) electrons. The Bertz CT molecular complexity index is 598. The smallest absolute Gasteiger partial charge is 0.180 e. The lowest BCUT2D eigenvalue weighted by molar-refractivity contribution is 0.694. The lowest BCUT2D eigenvalue weighted by Gasteiger charge is -2.13. The molecule has 0 saturated heterocycles. The van der Waals surface area contributed by atoms with Crippen molar-refractivity contribution in [3.05, 3.63) is 24.3 Å². The second kappa shape index (κ2) is 6.24. The summed E-state index contributed by atoms with van der Waals surface area (Å²) in [4.78, 5) is 13.7. The maximum Gasteiger partial charge on any atom is 0.180 e. The summed E-state index contributed by atoms with van der Waals surface area (Å²) in [5.41, 5.74) is 2.15. The standard InChI is InChI=1S/C16H23N5/c1-3-8-18-15-9-13(12-6-4-5-7-12)19-16(20-15)14-10-17-11-21(14)2/h9-12H,3-8H2,1-2H3,(H,18,19,20). The highest BCUT2D eigenvalue weighted by molar-refractivity contribution is 5.53. The molecule has 0 bridgehead atoms. The molecule has 1 aliphatic rings. The van der Waals surface area contributed by atoms with E-state index in [1.54, 1.807) is 6.33 Å². The minimum atomic E-state index is 0.585. The normalized spacial score (nSPS) is 15.5. The predicted molar refractivity (Wildman–Crippen MR) is 84.2 cm³/mol. The summed E-state index contributed by atoms with van der Waals surface area (Å²) in [6, 6.07) is 2.13. The van der Waals surface area contributed by atoms with E-state index in [0.29, 0.717) is 5.92 Å². The number of aromatic nitrogens is 4. The minimum Gasteiger partial charge on any atom is -0.370 e. The molecule has 3 rings (SSSR count). The van der Waals surface area contributed by atoms with Crippen molar-refractivity contribution in [3.8, 4) is 11.5 Å². The van der Waals surface area contributed by atoms with E-state index in [9.17, 15) is 0 Å². The van der Waals surface area contributed by atoms with E-state index in [1.165, 1.54) is 31.4 Å². The van der Waals surface area contributed by atoms with Gasteiger partial charge in [0.1, 0.15) is 11.5 Å². The van der Waals surface area contributed by atoms with Crippen molar-refractivity contribution in [2.75, 3.05) is 11.9 Å². The van der Waals surface area contributed by atoms with Gasteiger partial charge in [-0.3, -0.25) is 0 Å². The first kappa shape index (κ1) is 14.0. The Morgan fingerprint density at radius 2 is 2.10 bits per heavy atom. The maximum absolute atomic E-state index is 4.81. The molecule has 1 saturated carbocycles. The lowest BCUT2D eigenvalue weighted by Crippen LogP contribution is -2.08. The van der Waals surface area contributed by atoms with E-state index in [0.717, 1.165) is 30.3 Å². The molecule has 0 unspecified atom stereocenters. The van der Waals surface area contributed by atoms with Crippen LogP contribution in [0.4, 0.5) is 5.82 Å². The van der Waals surface area contributed by atoms with Gasteiger partial charge in [-0.1, -0.05) is 19.8 Å². The fraction of sp³-hybridized carbons (Fsp3) is 0.562. The fourth-order valence-electron chi connectivity index (χ4n) is 2.93. The molecule has 1 aliphatic carbocycles. The van der Waals surface area contributed by atoms with Crippen LogP contribution in [0.5, 0.6) is 0 Å². The molecule has 0 spiro atoms. The highest BCUT2D eigenvalue weighted by Gasteiger charge is 2.20. The van der Waals surface area contributed by atoms with E-state index < -0.39 is 0 Å². The second-order valence-corrected chi connectivity index (χ2v) is 5.80. The minimum absolute atomic E-state index is 0.585. The monoisotopic (exact) mass is 285 g/mol. The molecule has 5 heteroatoms. The third-order valence-corrected chi connectivity index (χ3v) is 4.12. The third-order valence-electron chi connectivity index (χ3n) is 4.12. The molecule has 1 N–H and O–H groups in total.